The fourth-order valence-electron chi connectivity index (χ4n) is 1.40. The Morgan fingerprint density at radius 2 is 1.43 bits per heavy atom. The molecule has 0 radical (unpaired) electrons. The van der Waals surface area contributed by atoms with Crippen LogP contribution in [0.3, 0.4) is 0 Å². The quantitative estimate of drug-likeness (QED) is 0.643. The van der Waals surface area contributed by atoms with Gasteiger partial charge in [-0.1, -0.05) is 0 Å². The Balaban J connectivity index is 2.83. The second kappa shape index (κ2) is 2.94. The van der Waals surface area contributed by atoms with Crippen molar-refractivity contribution in [3.05, 3.63) is 29.1 Å². The van der Waals surface area contributed by atoms with Crippen LogP contribution < -0.4 is 5.73 Å². The zero-order chi connectivity index (χ0) is 10.3. The number of nitrogens with two attached hydrogens (primary N) is 1. The number of nitrogen functional groups attached to an aromatic ring is 1. The van der Waals surface area contributed by atoms with Gasteiger partial charge in [-0.25, -0.2) is 9.97 Å². The van der Waals surface area contributed by atoms with Gasteiger partial charge in [0.2, 0.25) is 0 Å². The summed E-state index contributed by atoms with van der Waals surface area (Å²) in [6, 6.07) is 3.86. The van der Waals surface area contributed by atoms with Crippen molar-refractivity contribution in [1.82, 2.24) is 9.97 Å². The van der Waals surface area contributed by atoms with E-state index in [1.807, 2.05) is 32.9 Å². The summed E-state index contributed by atoms with van der Waals surface area (Å²) < 4.78 is 0. The van der Waals surface area contributed by atoms with Gasteiger partial charge in [0.15, 0.2) is 0 Å². The fourth-order valence-corrected chi connectivity index (χ4v) is 1.40. The molecule has 0 saturated heterocycles. The van der Waals surface area contributed by atoms with E-state index < -0.39 is 0 Å². The molecule has 1 aromatic heterocycles. The average molecular weight is 187 g/mol. The van der Waals surface area contributed by atoms with Gasteiger partial charge in [0, 0.05) is 5.69 Å². The van der Waals surface area contributed by atoms with Crippen LogP contribution in [-0.2, 0) is 0 Å². The zero-order valence-corrected chi connectivity index (χ0v) is 8.63. The van der Waals surface area contributed by atoms with Gasteiger partial charge in [-0.05, 0) is 38.5 Å². The lowest BCUT2D eigenvalue weighted by Crippen LogP contribution is -1.96. The Labute approximate surface area is 83.0 Å². The minimum absolute atomic E-state index is 0.773. The van der Waals surface area contributed by atoms with E-state index in [0.29, 0.717) is 0 Å². The minimum atomic E-state index is 0.773. The van der Waals surface area contributed by atoms with Gasteiger partial charge in [0.05, 0.1) is 22.4 Å². The molecule has 3 heteroatoms. The highest BCUT2D eigenvalue weighted by atomic mass is 14.8. The van der Waals surface area contributed by atoms with Crippen LogP contribution in [0.1, 0.15) is 17.0 Å². The number of aryl methyl sites for hydroxylation is 3. The molecule has 0 aliphatic heterocycles. The predicted octanol–water partition coefficient (Wildman–Crippen LogP) is 2.14. The van der Waals surface area contributed by atoms with Gasteiger partial charge in [-0.2, -0.15) is 0 Å². The van der Waals surface area contributed by atoms with E-state index in [4.69, 9.17) is 5.73 Å². The first kappa shape index (κ1) is 8.94. The van der Waals surface area contributed by atoms with Crippen LogP contribution in [-0.4, -0.2) is 9.97 Å². The van der Waals surface area contributed by atoms with Crippen molar-refractivity contribution in [2.24, 2.45) is 0 Å². The molecule has 14 heavy (non-hydrogen) atoms. The maximum absolute atomic E-state index is 5.81. The Bertz CT molecular complexity index is 414. The summed E-state index contributed by atoms with van der Waals surface area (Å²) in [5.41, 5.74) is 11.4. The van der Waals surface area contributed by atoms with Crippen LogP contribution in [0.15, 0.2) is 12.1 Å². The molecule has 0 saturated carbocycles. The normalized spacial score (nSPS) is 10.8. The predicted molar refractivity (Wildman–Crippen MR) is 58.2 cm³/mol. The van der Waals surface area contributed by atoms with E-state index in [-0.39, 0.29) is 0 Å². The fraction of sp³-hybridized carbons (Fsp3) is 0.273. The summed E-state index contributed by atoms with van der Waals surface area (Å²) in [4.78, 5) is 8.89. The van der Waals surface area contributed by atoms with E-state index >= 15 is 0 Å². The highest BCUT2D eigenvalue weighted by Crippen LogP contribution is 2.19. The second-order valence-electron chi connectivity index (χ2n) is 3.59. The first-order valence-electron chi connectivity index (χ1n) is 4.59. The number of hydrogen-bond donors (Lipinski definition) is 1. The molecule has 0 atom stereocenters. The number of hydrogen-bond acceptors (Lipinski definition) is 3. The highest BCUT2D eigenvalue weighted by molar-refractivity contribution is 5.80. The molecule has 1 heterocycles. The molecule has 2 aromatic rings. The second-order valence-corrected chi connectivity index (χ2v) is 3.59. The van der Waals surface area contributed by atoms with Crippen molar-refractivity contribution in [3.63, 3.8) is 0 Å². The SMILES string of the molecule is Cc1cc2nc(C)c(C)nc2cc1N. The number of aromatic nitrogens is 2. The van der Waals surface area contributed by atoms with Crippen molar-refractivity contribution >= 4 is 16.7 Å². The molecule has 3 nitrogen and oxygen atoms in total. The summed E-state index contributed by atoms with van der Waals surface area (Å²) in [5.74, 6) is 0. The first-order valence-corrected chi connectivity index (χ1v) is 4.59. The molecule has 0 aliphatic carbocycles. The Morgan fingerprint density at radius 3 is 2.00 bits per heavy atom. The van der Waals surface area contributed by atoms with Crippen LogP contribution in [0.25, 0.3) is 11.0 Å². The lowest BCUT2D eigenvalue weighted by atomic mass is 10.1. The van der Waals surface area contributed by atoms with Crippen molar-refractivity contribution in [2.75, 3.05) is 5.73 Å². The van der Waals surface area contributed by atoms with Crippen molar-refractivity contribution in [3.8, 4) is 0 Å². The Hall–Kier alpha value is -1.64. The van der Waals surface area contributed by atoms with Gasteiger partial charge < -0.3 is 5.73 Å². The minimum Gasteiger partial charge on any atom is -0.398 e. The smallest absolute Gasteiger partial charge is 0.0910 e. The highest BCUT2D eigenvalue weighted by Gasteiger charge is 2.03. The van der Waals surface area contributed by atoms with E-state index in [9.17, 15) is 0 Å². The van der Waals surface area contributed by atoms with Crippen LogP contribution in [0, 0.1) is 20.8 Å². The molecular formula is C11H13N3. The molecule has 2 N–H and O–H groups in total. The molecule has 0 amide bonds. The van der Waals surface area contributed by atoms with Crippen LogP contribution in [0.2, 0.25) is 0 Å². The molecule has 72 valence electrons. The van der Waals surface area contributed by atoms with Crippen molar-refractivity contribution in [2.45, 2.75) is 20.8 Å². The standard InChI is InChI=1S/C11H13N3/c1-6-4-10-11(5-9(6)12)14-8(3)7(2)13-10/h4-5H,12H2,1-3H3. The molecular weight excluding hydrogens is 174 g/mol. The van der Waals surface area contributed by atoms with Crippen molar-refractivity contribution < 1.29 is 0 Å². The third-order valence-electron chi connectivity index (χ3n) is 2.46. The number of fused-ring (bicyclic) bond motifs is 1. The van der Waals surface area contributed by atoms with E-state index in [1.165, 1.54) is 0 Å². The molecule has 1 aromatic carbocycles. The van der Waals surface area contributed by atoms with Gasteiger partial charge in [0.1, 0.15) is 0 Å². The molecule has 0 aliphatic rings. The topological polar surface area (TPSA) is 51.8 Å². The molecule has 2 rings (SSSR count). The Morgan fingerprint density at radius 1 is 0.929 bits per heavy atom. The maximum Gasteiger partial charge on any atom is 0.0910 e. The van der Waals surface area contributed by atoms with E-state index in [0.717, 1.165) is 33.7 Å². The lowest BCUT2D eigenvalue weighted by Gasteiger charge is -2.05. The third-order valence-corrected chi connectivity index (χ3v) is 2.46. The summed E-state index contributed by atoms with van der Waals surface area (Å²) in [7, 11) is 0. The van der Waals surface area contributed by atoms with Crippen LogP contribution in [0.4, 0.5) is 5.69 Å². The molecule has 0 unspecified atom stereocenters. The number of anilines is 1. The monoisotopic (exact) mass is 187 g/mol. The van der Waals surface area contributed by atoms with Gasteiger partial charge in [-0.3, -0.25) is 0 Å². The van der Waals surface area contributed by atoms with E-state index in [2.05, 4.69) is 9.97 Å². The number of rotatable bonds is 0. The van der Waals surface area contributed by atoms with Crippen LogP contribution >= 0.6 is 0 Å². The maximum atomic E-state index is 5.81. The summed E-state index contributed by atoms with van der Waals surface area (Å²) >= 11 is 0. The number of nitrogens with zero attached hydrogens (tertiary/aromatic N) is 2. The van der Waals surface area contributed by atoms with Crippen LogP contribution in [0.5, 0.6) is 0 Å². The Kier molecular flexibility index (Phi) is 1.88. The zero-order valence-electron chi connectivity index (χ0n) is 8.63. The summed E-state index contributed by atoms with van der Waals surface area (Å²) in [6.45, 7) is 5.90. The summed E-state index contributed by atoms with van der Waals surface area (Å²) in [5, 5.41) is 0. The first-order chi connectivity index (χ1) is 6.58. The van der Waals surface area contributed by atoms with Gasteiger partial charge in [0.25, 0.3) is 0 Å². The molecule has 0 bridgehead atoms. The molecule has 0 spiro atoms. The van der Waals surface area contributed by atoms with Gasteiger partial charge in [-0.15, -0.1) is 0 Å². The molecule has 0 fully saturated rings. The van der Waals surface area contributed by atoms with Crippen molar-refractivity contribution in [1.29, 1.82) is 0 Å². The lowest BCUT2D eigenvalue weighted by molar-refractivity contribution is 1.10. The average Bonchev–Trinajstić information content (AvgIpc) is 2.11. The number of benzene rings is 1. The summed E-state index contributed by atoms with van der Waals surface area (Å²) in [6.07, 6.45) is 0. The van der Waals surface area contributed by atoms with Gasteiger partial charge >= 0.3 is 0 Å². The third kappa shape index (κ3) is 1.31. The van der Waals surface area contributed by atoms with E-state index in [1.54, 1.807) is 0 Å². The largest absolute Gasteiger partial charge is 0.398 e.